The van der Waals surface area contributed by atoms with Gasteiger partial charge in [0.1, 0.15) is 11.9 Å². The summed E-state index contributed by atoms with van der Waals surface area (Å²) in [4.78, 5) is 21.2. The molecule has 35 heavy (non-hydrogen) atoms. The molecule has 3 aromatic carbocycles. The number of ketones is 1. The number of carbonyl (C=O) groups is 1. The first kappa shape index (κ1) is 23.4. The van der Waals surface area contributed by atoms with Gasteiger partial charge in [0.2, 0.25) is 0 Å². The number of hydrogen-bond acceptors (Lipinski definition) is 5. The average molecular weight is 490 g/mol. The third kappa shape index (κ3) is 4.78. The predicted octanol–water partition coefficient (Wildman–Crippen LogP) is 4.94. The number of halogens is 1. The summed E-state index contributed by atoms with van der Waals surface area (Å²) in [5.74, 6) is 0.536. The number of anilines is 1. The molecule has 0 amide bonds. The number of hydrogen-bond donors (Lipinski definition) is 2. The average Bonchev–Trinajstić information content (AvgIpc) is 3.34. The monoisotopic (exact) mass is 489 g/mol. The number of benzene rings is 3. The summed E-state index contributed by atoms with van der Waals surface area (Å²) in [6.07, 6.45) is 0.472. The van der Waals surface area contributed by atoms with E-state index in [4.69, 9.17) is 16.3 Å². The minimum atomic E-state index is -1.22. The number of nitrogens with one attached hydrogen (secondary N) is 1. The molecule has 5 rings (SSSR count). The van der Waals surface area contributed by atoms with E-state index >= 15 is 0 Å². The molecule has 0 unspecified atom stereocenters. The minimum absolute atomic E-state index is 0.292. The normalized spacial score (nSPS) is 16.3. The maximum absolute atomic E-state index is 13.5. The number of nitrogens with zero attached hydrogens (tertiary/aromatic N) is 2. The molecule has 1 aliphatic heterocycles. The van der Waals surface area contributed by atoms with Gasteiger partial charge in [-0.25, -0.2) is 0 Å². The van der Waals surface area contributed by atoms with Crippen LogP contribution in [0.4, 0.5) is 5.69 Å². The van der Waals surface area contributed by atoms with Gasteiger partial charge in [-0.3, -0.25) is 9.69 Å². The van der Waals surface area contributed by atoms with Crippen LogP contribution in [0.3, 0.4) is 0 Å². The molecule has 1 saturated heterocycles. The molecule has 1 aromatic heterocycles. The number of aliphatic hydroxyl groups excluding tert-OH is 1. The van der Waals surface area contributed by atoms with Crippen molar-refractivity contribution in [3.8, 4) is 5.75 Å². The highest BCUT2D eigenvalue weighted by molar-refractivity contribution is 6.30. The van der Waals surface area contributed by atoms with Crippen LogP contribution in [0.5, 0.6) is 5.75 Å². The smallest absolute Gasteiger partial charge is 0.195 e. The molecular weight excluding hydrogens is 462 g/mol. The lowest BCUT2D eigenvalue weighted by molar-refractivity contribution is 0.0366. The van der Waals surface area contributed by atoms with E-state index in [-0.39, 0.29) is 5.78 Å². The number of para-hydroxylation sites is 1. The summed E-state index contributed by atoms with van der Waals surface area (Å²) >= 11 is 6.14. The SMILES string of the molecule is COc1ccc(N2CCN([C@H](c3ccc(Cl)cc3)[C@@H](O)C(=O)c3c[nH]c4ccccc34)CC2)cc1. The first-order chi connectivity index (χ1) is 17.0. The van der Waals surface area contributed by atoms with Gasteiger partial charge in [0.05, 0.1) is 13.2 Å². The maximum Gasteiger partial charge on any atom is 0.195 e. The Morgan fingerprint density at radius 2 is 1.66 bits per heavy atom. The van der Waals surface area contributed by atoms with Crippen LogP contribution in [0.15, 0.2) is 79.0 Å². The van der Waals surface area contributed by atoms with Gasteiger partial charge < -0.3 is 19.7 Å². The summed E-state index contributed by atoms with van der Waals surface area (Å²) in [6.45, 7) is 2.98. The molecule has 2 N–H and O–H groups in total. The van der Waals surface area contributed by atoms with Crippen molar-refractivity contribution in [3.63, 3.8) is 0 Å². The van der Waals surface area contributed by atoms with Crippen LogP contribution in [0.2, 0.25) is 5.02 Å². The standard InChI is InChI=1S/C28H28ClN3O3/c1-35-22-12-10-21(11-13-22)31-14-16-32(17-15-31)26(19-6-8-20(29)9-7-19)28(34)27(33)24-18-30-25-5-3-2-4-23(24)25/h2-13,18,26,28,30,34H,14-17H2,1H3/t26-,28-/m1/s1. The maximum atomic E-state index is 13.5. The van der Waals surface area contributed by atoms with Crippen LogP contribution in [-0.2, 0) is 0 Å². The number of rotatable bonds is 7. The summed E-state index contributed by atoms with van der Waals surface area (Å²) in [5, 5.41) is 12.9. The van der Waals surface area contributed by atoms with Crippen molar-refractivity contribution in [2.45, 2.75) is 12.1 Å². The molecule has 1 fully saturated rings. The number of Topliss-reactive ketones (excluding diaryl/α,β-unsaturated/α-hetero) is 1. The highest BCUT2D eigenvalue weighted by Crippen LogP contribution is 2.31. The van der Waals surface area contributed by atoms with E-state index in [0.717, 1.165) is 41.0 Å². The summed E-state index contributed by atoms with van der Waals surface area (Å²) < 4.78 is 5.27. The van der Waals surface area contributed by atoms with Crippen molar-refractivity contribution in [3.05, 3.63) is 95.1 Å². The molecule has 180 valence electrons. The van der Waals surface area contributed by atoms with Crippen LogP contribution in [0, 0.1) is 0 Å². The lowest BCUT2D eigenvalue weighted by atomic mass is 9.93. The van der Waals surface area contributed by atoms with Gasteiger partial charge in [-0.05, 0) is 48.0 Å². The Balaban J connectivity index is 1.39. The first-order valence-electron chi connectivity index (χ1n) is 11.7. The Labute approximate surface area is 209 Å². The molecule has 4 aromatic rings. The molecular formula is C28H28ClN3O3. The Kier molecular flexibility index (Phi) is 6.77. The van der Waals surface area contributed by atoms with E-state index in [1.54, 1.807) is 25.4 Å². The molecule has 1 aliphatic rings. The van der Waals surface area contributed by atoms with E-state index in [2.05, 4.69) is 26.9 Å². The van der Waals surface area contributed by atoms with E-state index in [1.165, 1.54) is 0 Å². The Bertz CT molecular complexity index is 1300. The molecule has 6 nitrogen and oxygen atoms in total. The zero-order valence-corrected chi connectivity index (χ0v) is 20.3. The quantitative estimate of drug-likeness (QED) is 0.360. The predicted molar refractivity (Wildman–Crippen MR) is 140 cm³/mol. The number of aromatic amines is 1. The Morgan fingerprint density at radius 3 is 2.34 bits per heavy atom. The number of ether oxygens (including phenoxy) is 1. The molecule has 0 spiro atoms. The fourth-order valence-electron chi connectivity index (χ4n) is 4.88. The second-order valence-corrected chi connectivity index (χ2v) is 9.21. The van der Waals surface area contributed by atoms with Crippen molar-refractivity contribution in [1.82, 2.24) is 9.88 Å². The second kappa shape index (κ2) is 10.1. The van der Waals surface area contributed by atoms with Gasteiger partial charge in [0.25, 0.3) is 0 Å². The zero-order chi connectivity index (χ0) is 24.4. The van der Waals surface area contributed by atoms with Crippen molar-refractivity contribution < 1.29 is 14.6 Å². The third-order valence-corrected chi connectivity index (χ3v) is 7.03. The number of H-pyrrole nitrogens is 1. The van der Waals surface area contributed by atoms with Crippen LogP contribution in [0.1, 0.15) is 22.0 Å². The van der Waals surface area contributed by atoms with E-state index < -0.39 is 12.1 Å². The number of methoxy groups -OCH3 is 1. The van der Waals surface area contributed by atoms with Crippen molar-refractivity contribution in [2.24, 2.45) is 0 Å². The summed E-state index contributed by atoms with van der Waals surface area (Å²) in [6, 6.07) is 22.6. The fourth-order valence-corrected chi connectivity index (χ4v) is 5.01. The summed E-state index contributed by atoms with van der Waals surface area (Å²) in [7, 11) is 1.66. The molecule has 0 bridgehead atoms. The van der Waals surface area contributed by atoms with Gasteiger partial charge >= 0.3 is 0 Å². The van der Waals surface area contributed by atoms with E-state index in [0.29, 0.717) is 23.7 Å². The first-order valence-corrected chi connectivity index (χ1v) is 12.1. The Hall–Kier alpha value is -3.32. The highest BCUT2D eigenvalue weighted by Gasteiger charge is 2.35. The Morgan fingerprint density at radius 1 is 0.971 bits per heavy atom. The van der Waals surface area contributed by atoms with Gasteiger partial charge in [-0.15, -0.1) is 0 Å². The molecule has 7 heteroatoms. The van der Waals surface area contributed by atoms with Gasteiger partial charge in [0.15, 0.2) is 5.78 Å². The highest BCUT2D eigenvalue weighted by atomic mass is 35.5. The number of aromatic nitrogens is 1. The number of carbonyl (C=O) groups excluding carboxylic acids is 1. The van der Waals surface area contributed by atoms with Crippen molar-refractivity contribution in [2.75, 3.05) is 38.2 Å². The lowest BCUT2D eigenvalue weighted by Gasteiger charge is -2.41. The van der Waals surface area contributed by atoms with Gasteiger partial charge in [-0.2, -0.15) is 0 Å². The zero-order valence-electron chi connectivity index (χ0n) is 19.5. The molecule has 0 saturated carbocycles. The van der Waals surface area contributed by atoms with Crippen LogP contribution >= 0.6 is 11.6 Å². The van der Waals surface area contributed by atoms with Crippen LogP contribution < -0.4 is 9.64 Å². The largest absolute Gasteiger partial charge is 0.497 e. The van der Waals surface area contributed by atoms with Crippen LogP contribution in [-0.4, -0.2) is 60.2 Å². The topological polar surface area (TPSA) is 68.8 Å². The minimum Gasteiger partial charge on any atom is -0.497 e. The number of aliphatic hydroxyl groups is 1. The van der Waals surface area contributed by atoms with Crippen molar-refractivity contribution in [1.29, 1.82) is 0 Å². The molecule has 0 aliphatic carbocycles. The van der Waals surface area contributed by atoms with E-state index in [9.17, 15) is 9.90 Å². The van der Waals surface area contributed by atoms with Gasteiger partial charge in [-0.1, -0.05) is 41.9 Å². The lowest BCUT2D eigenvalue weighted by Crippen LogP contribution is -2.51. The fraction of sp³-hybridized carbons (Fsp3) is 0.250. The second-order valence-electron chi connectivity index (χ2n) is 8.77. The summed E-state index contributed by atoms with van der Waals surface area (Å²) in [5.41, 5.74) is 3.38. The number of piperazine rings is 1. The molecule has 2 heterocycles. The van der Waals surface area contributed by atoms with Gasteiger partial charge in [0, 0.05) is 59.6 Å². The third-order valence-electron chi connectivity index (χ3n) is 6.78. The number of fused-ring (bicyclic) bond motifs is 1. The van der Waals surface area contributed by atoms with Crippen LogP contribution in [0.25, 0.3) is 10.9 Å². The van der Waals surface area contributed by atoms with E-state index in [1.807, 2.05) is 48.5 Å². The molecule has 2 atom stereocenters. The van der Waals surface area contributed by atoms with Crippen molar-refractivity contribution >= 4 is 34.0 Å². The molecule has 0 radical (unpaired) electrons.